The van der Waals surface area contributed by atoms with E-state index in [1.807, 2.05) is 0 Å². The van der Waals surface area contributed by atoms with Gasteiger partial charge in [-0.2, -0.15) is 13.2 Å². The van der Waals surface area contributed by atoms with Gasteiger partial charge in [0.15, 0.2) is 5.54 Å². The molecule has 116 valence electrons. The van der Waals surface area contributed by atoms with Crippen LogP contribution in [0.5, 0.6) is 0 Å². The van der Waals surface area contributed by atoms with E-state index in [4.69, 9.17) is 0 Å². The van der Waals surface area contributed by atoms with Crippen molar-refractivity contribution in [1.29, 1.82) is 0 Å². The molecular formula is C14H16F3NO3. The molecule has 1 atom stereocenters. The Morgan fingerprint density at radius 3 is 2.05 bits per heavy atom. The predicted molar refractivity (Wildman–Crippen MR) is 69.5 cm³/mol. The molecule has 1 unspecified atom stereocenters. The monoisotopic (exact) mass is 303 g/mol. The zero-order valence-electron chi connectivity index (χ0n) is 11.6. The molecule has 0 fully saturated rings. The van der Waals surface area contributed by atoms with Gasteiger partial charge in [0, 0.05) is 6.54 Å². The summed E-state index contributed by atoms with van der Waals surface area (Å²) in [7, 11) is 0. The number of hydrogen-bond donors (Lipinski definition) is 1. The van der Waals surface area contributed by atoms with Crippen LogP contribution in [0.1, 0.15) is 31.4 Å². The van der Waals surface area contributed by atoms with Gasteiger partial charge in [0.25, 0.3) is 0 Å². The summed E-state index contributed by atoms with van der Waals surface area (Å²) in [5, 5.41) is 9.42. The third-order valence-corrected chi connectivity index (χ3v) is 3.36. The Bertz CT molecular complexity index is 513. The number of carboxylic acids is 1. The number of benzene rings is 1. The van der Waals surface area contributed by atoms with E-state index >= 15 is 0 Å². The number of rotatable bonds is 6. The highest BCUT2D eigenvalue weighted by Gasteiger charge is 2.41. The minimum Gasteiger partial charge on any atom is -0.479 e. The van der Waals surface area contributed by atoms with Crippen LogP contribution in [-0.4, -0.2) is 28.9 Å². The highest BCUT2D eigenvalue weighted by Crippen LogP contribution is 2.33. The summed E-state index contributed by atoms with van der Waals surface area (Å²) in [5.74, 6) is -1.30. The van der Waals surface area contributed by atoms with E-state index in [-0.39, 0.29) is 12.1 Å². The first-order valence-corrected chi connectivity index (χ1v) is 6.31. The van der Waals surface area contributed by atoms with Crippen molar-refractivity contribution in [1.82, 2.24) is 4.90 Å². The van der Waals surface area contributed by atoms with Gasteiger partial charge in [0.1, 0.15) is 0 Å². The number of nitrogens with zero attached hydrogens (tertiary/aromatic N) is 1. The smallest absolute Gasteiger partial charge is 0.416 e. The first-order chi connectivity index (χ1) is 9.67. The van der Waals surface area contributed by atoms with Crippen LogP contribution in [-0.2, 0) is 21.3 Å². The Labute approximate surface area is 120 Å². The fourth-order valence-electron chi connectivity index (χ4n) is 2.02. The second-order valence-corrected chi connectivity index (χ2v) is 4.75. The second-order valence-electron chi connectivity index (χ2n) is 4.75. The average molecular weight is 303 g/mol. The molecule has 21 heavy (non-hydrogen) atoms. The standard InChI is InChI=1S/C14H16F3NO3/c1-3-8-18(9-19)13(2,12(20)21)10-4-6-11(7-5-10)14(15,16)17/h4-7,9H,3,8H2,1-2H3,(H,20,21). The maximum atomic E-state index is 12.5. The Morgan fingerprint density at radius 2 is 1.71 bits per heavy atom. The summed E-state index contributed by atoms with van der Waals surface area (Å²) in [5.41, 5.74) is -2.46. The number of carboxylic acid groups (broad SMARTS) is 1. The minimum absolute atomic E-state index is 0.114. The number of carbonyl (C=O) groups is 2. The molecule has 0 aliphatic rings. The van der Waals surface area contributed by atoms with E-state index in [9.17, 15) is 27.9 Å². The van der Waals surface area contributed by atoms with Crippen molar-refractivity contribution in [2.45, 2.75) is 32.0 Å². The van der Waals surface area contributed by atoms with E-state index < -0.39 is 23.2 Å². The number of alkyl halides is 3. The normalized spacial score (nSPS) is 14.3. The van der Waals surface area contributed by atoms with Crippen molar-refractivity contribution < 1.29 is 27.9 Å². The Kier molecular flexibility index (Phi) is 4.98. The molecule has 4 nitrogen and oxygen atoms in total. The minimum atomic E-state index is -4.49. The van der Waals surface area contributed by atoms with Crippen molar-refractivity contribution in [2.75, 3.05) is 6.54 Å². The van der Waals surface area contributed by atoms with Crippen molar-refractivity contribution in [3.63, 3.8) is 0 Å². The summed E-state index contributed by atoms with van der Waals surface area (Å²) < 4.78 is 37.6. The van der Waals surface area contributed by atoms with Crippen LogP contribution in [0.4, 0.5) is 13.2 Å². The van der Waals surface area contributed by atoms with Gasteiger partial charge in [-0.15, -0.1) is 0 Å². The number of hydrogen-bond acceptors (Lipinski definition) is 2. The molecular weight excluding hydrogens is 287 g/mol. The van der Waals surface area contributed by atoms with Crippen LogP contribution >= 0.6 is 0 Å². The van der Waals surface area contributed by atoms with Crippen LogP contribution in [0.25, 0.3) is 0 Å². The molecule has 1 rings (SSSR count). The largest absolute Gasteiger partial charge is 0.479 e. The quantitative estimate of drug-likeness (QED) is 0.822. The molecule has 0 heterocycles. The van der Waals surface area contributed by atoms with Crippen LogP contribution in [0.15, 0.2) is 24.3 Å². The second kappa shape index (κ2) is 6.15. The van der Waals surface area contributed by atoms with E-state index in [0.29, 0.717) is 12.8 Å². The molecule has 0 aromatic heterocycles. The van der Waals surface area contributed by atoms with E-state index in [2.05, 4.69) is 0 Å². The lowest BCUT2D eigenvalue weighted by atomic mass is 9.89. The number of halogens is 3. The first-order valence-electron chi connectivity index (χ1n) is 6.31. The number of aliphatic carboxylic acids is 1. The van der Waals surface area contributed by atoms with Crippen molar-refractivity contribution >= 4 is 12.4 Å². The average Bonchev–Trinajstić information content (AvgIpc) is 2.43. The summed E-state index contributed by atoms with van der Waals surface area (Å²) in [4.78, 5) is 23.8. The molecule has 0 radical (unpaired) electrons. The van der Waals surface area contributed by atoms with Gasteiger partial charge in [0.2, 0.25) is 6.41 Å². The molecule has 0 spiro atoms. The van der Waals surface area contributed by atoms with Crippen molar-refractivity contribution in [2.24, 2.45) is 0 Å². The summed E-state index contributed by atoms with van der Waals surface area (Å²) in [6.45, 7) is 3.25. The van der Waals surface area contributed by atoms with E-state index in [1.165, 1.54) is 6.92 Å². The Balaban J connectivity index is 3.29. The third kappa shape index (κ3) is 3.34. The van der Waals surface area contributed by atoms with Gasteiger partial charge in [0.05, 0.1) is 5.56 Å². The van der Waals surface area contributed by atoms with Crippen LogP contribution in [0.3, 0.4) is 0 Å². The molecule has 0 saturated heterocycles. The van der Waals surface area contributed by atoms with Gasteiger partial charge in [-0.05, 0) is 31.0 Å². The topological polar surface area (TPSA) is 57.6 Å². The highest BCUT2D eigenvalue weighted by molar-refractivity contribution is 5.82. The lowest BCUT2D eigenvalue weighted by molar-refractivity contribution is -0.154. The zero-order chi connectivity index (χ0) is 16.3. The maximum Gasteiger partial charge on any atom is 0.416 e. The lowest BCUT2D eigenvalue weighted by Gasteiger charge is -2.35. The molecule has 0 aliphatic heterocycles. The molecule has 0 aliphatic carbocycles. The molecule has 1 aromatic rings. The SMILES string of the molecule is CCCN(C=O)C(C)(C(=O)O)c1ccc(C(F)(F)F)cc1. The van der Waals surface area contributed by atoms with Gasteiger partial charge in [-0.1, -0.05) is 19.1 Å². The fraction of sp³-hybridized carbons (Fsp3) is 0.429. The first kappa shape index (κ1) is 17.0. The molecule has 0 bridgehead atoms. The summed E-state index contributed by atoms with van der Waals surface area (Å²) in [6.07, 6.45) is -3.57. The molecule has 0 saturated carbocycles. The summed E-state index contributed by atoms with van der Waals surface area (Å²) in [6, 6.07) is 3.79. The molecule has 1 N–H and O–H groups in total. The molecule has 1 aromatic carbocycles. The number of amides is 1. The lowest BCUT2D eigenvalue weighted by Crippen LogP contribution is -2.49. The van der Waals surface area contributed by atoms with Gasteiger partial charge in [-0.25, -0.2) is 4.79 Å². The third-order valence-electron chi connectivity index (χ3n) is 3.36. The van der Waals surface area contributed by atoms with Crippen LogP contribution in [0, 0.1) is 0 Å². The highest BCUT2D eigenvalue weighted by atomic mass is 19.4. The fourth-order valence-corrected chi connectivity index (χ4v) is 2.02. The van der Waals surface area contributed by atoms with Crippen molar-refractivity contribution in [3.8, 4) is 0 Å². The maximum absolute atomic E-state index is 12.5. The Hall–Kier alpha value is -2.05. The van der Waals surface area contributed by atoms with E-state index in [1.54, 1.807) is 6.92 Å². The van der Waals surface area contributed by atoms with Crippen LogP contribution < -0.4 is 0 Å². The zero-order valence-corrected chi connectivity index (χ0v) is 11.6. The van der Waals surface area contributed by atoms with Gasteiger partial charge < -0.3 is 10.0 Å². The Morgan fingerprint density at radius 1 is 1.24 bits per heavy atom. The molecule has 1 amide bonds. The van der Waals surface area contributed by atoms with E-state index in [0.717, 1.165) is 29.2 Å². The molecule has 7 heteroatoms. The predicted octanol–water partition coefficient (Wildman–Crippen LogP) is 2.87. The van der Waals surface area contributed by atoms with Crippen molar-refractivity contribution in [3.05, 3.63) is 35.4 Å². The van der Waals surface area contributed by atoms with Crippen LogP contribution in [0.2, 0.25) is 0 Å². The number of carbonyl (C=O) groups excluding carboxylic acids is 1. The summed E-state index contributed by atoms with van der Waals surface area (Å²) >= 11 is 0. The van der Waals surface area contributed by atoms with Gasteiger partial charge in [-0.3, -0.25) is 4.79 Å². The van der Waals surface area contributed by atoms with Gasteiger partial charge >= 0.3 is 12.1 Å².